The van der Waals surface area contributed by atoms with Crippen LogP contribution in [0.5, 0.6) is 11.5 Å². The number of ether oxygens (including phenoxy) is 3. The number of amides is 1. The summed E-state index contributed by atoms with van der Waals surface area (Å²) < 4.78 is 16.7. The lowest BCUT2D eigenvalue weighted by atomic mass is 10.1. The van der Waals surface area contributed by atoms with Crippen LogP contribution in [0.1, 0.15) is 28.8 Å². The highest BCUT2D eigenvalue weighted by molar-refractivity contribution is 5.94. The van der Waals surface area contributed by atoms with Gasteiger partial charge in [-0.3, -0.25) is 4.79 Å². The zero-order valence-corrected chi connectivity index (χ0v) is 14.4. The molecule has 25 heavy (non-hydrogen) atoms. The van der Waals surface area contributed by atoms with E-state index >= 15 is 0 Å². The van der Waals surface area contributed by atoms with Crippen LogP contribution in [-0.2, 0) is 11.3 Å². The Hall–Kier alpha value is -2.53. The molecule has 1 heterocycles. The molecule has 0 spiro atoms. The fourth-order valence-electron chi connectivity index (χ4n) is 2.78. The van der Waals surface area contributed by atoms with Gasteiger partial charge in [0.1, 0.15) is 6.61 Å². The Balaban J connectivity index is 1.61. The van der Waals surface area contributed by atoms with Gasteiger partial charge in [-0.25, -0.2) is 0 Å². The first kappa shape index (κ1) is 17.3. The lowest BCUT2D eigenvalue weighted by Crippen LogP contribution is -2.31. The molecule has 0 radical (unpaired) electrons. The van der Waals surface area contributed by atoms with Crippen LogP contribution in [0.2, 0.25) is 0 Å². The second-order valence-electron chi connectivity index (χ2n) is 5.98. The third-order valence-corrected chi connectivity index (χ3v) is 4.18. The molecule has 5 nitrogen and oxygen atoms in total. The molecule has 1 fully saturated rings. The second-order valence-corrected chi connectivity index (χ2v) is 5.98. The highest BCUT2D eigenvalue weighted by atomic mass is 16.5. The minimum atomic E-state index is -0.136. The standard InChI is InChI=1S/C20H23NO4/c1-23-19-12-16(20(22)21-13-17-8-5-11-24-17)9-10-18(19)25-14-15-6-3-2-4-7-15/h2-4,6-7,9-10,12,17H,5,8,11,13-14H2,1H3,(H,21,22)/t17-/m0/s1. The SMILES string of the molecule is COc1cc(C(=O)NC[C@@H]2CCCO2)ccc1OCc1ccccc1. The predicted molar refractivity (Wildman–Crippen MR) is 95.1 cm³/mol. The molecule has 3 rings (SSSR count). The van der Waals surface area contributed by atoms with Gasteiger partial charge in [0.25, 0.3) is 5.91 Å². The van der Waals surface area contributed by atoms with E-state index in [-0.39, 0.29) is 12.0 Å². The quantitative estimate of drug-likeness (QED) is 0.840. The summed E-state index contributed by atoms with van der Waals surface area (Å²) in [5.74, 6) is 1.02. The molecule has 5 heteroatoms. The molecule has 2 aromatic carbocycles. The first-order valence-electron chi connectivity index (χ1n) is 8.51. The molecule has 0 saturated carbocycles. The summed E-state index contributed by atoms with van der Waals surface area (Å²) in [4.78, 5) is 12.3. The van der Waals surface area contributed by atoms with E-state index in [1.165, 1.54) is 0 Å². The van der Waals surface area contributed by atoms with Gasteiger partial charge in [0.05, 0.1) is 13.2 Å². The van der Waals surface area contributed by atoms with Gasteiger partial charge in [0.2, 0.25) is 0 Å². The van der Waals surface area contributed by atoms with Crippen molar-refractivity contribution in [3.63, 3.8) is 0 Å². The van der Waals surface area contributed by atoms with Crippen molar-refractivity contribution >= 4 is 5.91 Å². The van der Waals surface area contributed by atoms with Crippen molar-refractivity contribution in [1.29, 1.82) is 0 Å². The lowest BCUT2D eigenvalue weighted by molar-refractivity contribution is 0.0857. The highest BCUT2D eigenvalue weighted by Gasteiger charge is 2.17. The number of carbonyl (C=O) groups is 1. The molecule has 1 atom stereocenters. The van der Waals surface area contributed by atoms with Gasteiger partial charge in [-0.2, -0.15) is 0 Å². The maximum atomic E-state index is 12.3. The lowest BCUT2D eigenvalue weighted by Gasteiger charge is -2.14. The average molecular weight is 341 g/mol. The molecule has 1 aliphatic heterocycles. The van der Waals surface area contributed by atoms with Crippen LogP contribution < -0.4 is 14.8 Å². The Labute approximate surface area is 147 Å². The van der Waals surface area contributed by atoms with Crippen LogP contribution in [0.15, 0.2) is 48.5 Å². The number of benzene rings is 2. The van der Waals surface area contributed by atoms with E-state index < -0.39 is 0 Å². The Morgan fingerprint density at radius 2 is 2.04 bits per heavy atom. The smallest absolute Gasteiger partial charge is 0.251 e. The average Bonchev–Trinajstić information content (AvgIpc) is 3.18. The fraction of sp³-hybridized carbons (Fsp3) is 0.350. The first-order valence-corrected chi connectivity index (χ1v) is 8.51. The van der Waals surface area contributed by atoms with Gasteiger partial charge in [-0.05, 0) is 36.6 Å². The zero-order valence-electron chi connectivity index (χ0n) is 14.4. The summed E-state index contributed by atoms with van der Waals surface area (Å²) in [6.07, 6.45) is 2.18. The van der Waals surface area contributed by atoms with Crippen LogP contribution in [-0.4, -0.2) is 32.3 Å². The number of methoxy groups -OCH3 is 1. The minimum Gasteiger partial charge on any atom is -0.493 e. The molecule has 1 aliphatic rings. The second kappa shape index (κ2) is 8.53. The van der Waals surface area contributed by atoms with Gasteiger partial charge in [0, 0.05) is 18.7 Å². The highest BCUT2D eigenvalue weighted by Crippen LogP contribution is 2.29. The number of hydrogen-bond donors (Lipinski definition) is 1. The van der Waals surface area contributed by atoms with Crippen molar-refractivity contribution < 1.29 is 19.0 Å². The van der Waals surface area contributed by atoms with Crippen LogP contribution in [0.4, 0.5) is 0 Å². The van der Waals surface area contributed by atoms with Crippen molar-refractivity contribution in [3.8, 4) is 11.5 Å². The zero-order chi connectivity index (χ0) is 17.5. The third kappa shape index (κ3) is 4.73. The monoisotopic (exact) mass is 341 g/mol. The number of carbonyl (C=O) groups excluding carboxylic acids is 1. The van der Waals surface area contributed by atoms with Crippen molar-refractivity contribution in [2.75, 3.05) is 20.3 Å². The van der Waals surface area contributed by atoms with Crippen molar-refractivity contribution in [2.24, 2.45) is 0 Å². The van der Waals surface area contributed by atoms with E-state index in [4.69, 9.17) is 14.2 Å². The molecule has 0 unspecified atom stereocenters. The van der Waals surface area contributed by atoms with Gasteiger partial charge < -0.3 is 19.5 Å². The molecular weight excluding hydrogens is 318 g/mol. The van der Waals surface area contributed by atoms with E-state index in [9.17, 15) is 4.79 Å². The Bertz CT molecular complexity index is 696. The first-order chi connectivity index (χ1) is 12.3. The van der Waals surface area contributed by atoms with E-state index in [2.05, 4.69) is 5.32 Å². The van der Waals surface area contributed by atoms with Crippen LogP contribution in [0.3, 0.4) is 0 Å². The summed E-state index contributed by atoms with van der Waals surface area (Å²) in [6, 6.07) is 15.1. The molecule has 1 N–H and O–H groups in total. The molecule has 132 valence electrons. The summed E-state index contributed by atoms with van der Waals surface area (Å²) in [5, 5.41) is 2.91. The Morgan fingerprint density at radius 3 is 2.76 bits per heavy atom. The van der Waals surface area contributed by atoms with Crippen LogP contribution >= 0.6 is 0 Å². The Morgan fingerprint density at radius 1 is 1.20 bits per heavy atom. The van der Waals surface area contributed by atoms with E-state index in [1.807, 2.05) is 30.3 Å². The number of rotatable bonds is 7. The minimum absolute atomic E-state index is 0.124. The molecule has 0 aromatic heterocycles. The maximum Gasteiger partial charge on any atom is 0.251 e. The number of nitrogens with one attached hydrogen (secondary N) is 1. The summed E-state index contributed by atoms with van der Waals surface area (Å²) in [6.45, 7) is 1.76. The molecule has 0 aliphatic carbocycles. The van der Waals surface area contributed by atoms with Crippen molar-refractivity contribution in [2.45, 2.75) is 25.6 Å². The topological polar surface area (TPSA) is 56.8 Å². The third-order valence-electron chi connectivity index (χ3n) is 4.18. The summed E-state index contributed by atoms with van der Waals surface area (Å²) in [7, 11) is 1.57. The Kier molecular flexibility index (Phi) is 5.90. The van der Waals surface area contributed by atoms with E-state index in [0.29, 0.717) is 30.2 Å². The summed E-state index contributed by atoms with van der Waals surface area (Å²) in [5.41, 5.74) is 1.62. The van der Waals surface area contributed by atoms with E-state index in [0.717, 1.165) is 25.0 Å². The van der Waals surface area contributed by atoms with Gasteiger partial charge in [-0.15, -0.1) is 0 Å². The fourth-order valence-corrected chi connectivity index (χ4v) is 2.78. The molecule has 1 amide bonds. The van der Waals surface area contributed by atoms with E-state index in [1.54, 1.807) is 25.3 Å². The van der Waals surface area contributed by atoms with Crippen LogP contribution in [0, 0.1) is 0 Å². The molecule has 0 bridgehead atoms. The normalized spacial score (nSPS) is 16.4. The molecule has 2 aromatic rings. The van der Waals surface area contributed by atoms with Gasteiger partial charge >= 0.3 is 0 Å². The predicted octanol–water partition coefficient (Wildman–Crippen LogP) is 3.18. The van der Waals surface area contributed by atoms with Crippen molar-refractivity contribution in [3.05, 3.63) is 59.7 Å². The molecular formula is C20H23NO4. The van der Waals surface area contributed by atoms with Gasteiger partial charge in [0.15, 0.2) is 11.5 Å². The van der Waals surface area contributed by atoms with Gasteiger partial charge in [-0.1, -0.05) is 30.3 Å². The molecule has 1 saturated heterocycles. The maximum absolute atomic E-state index is 12.3. The largest absolute Gasteiger partial charge is 0.493 e. The van der Waals surface area contributed by atoms with Crippen LogP contribution in [0.25, 0.3) is 0 Å². The van der Waals surface area contributed by atoms with Crippen molar-refractivity contribution in [1.82, 2.24) is 5.32 Å². The number of hydrogen-bond acceptors (Lipinski definition) is 4. The summed E-state index contributed by atoms with van der Waals surface area (Å²) >= 11 is 0.